The summed E-state index contributed by atoms with van der Waals surface area (Å²) in [6.07, 6.45) is 7.27. The molecular formula is C45H50N2O5S. The summed E-state index contributed by atoms with van der Waals surface area (Å²) < 4.78 is 19.0. The molecule has 0 unspecified atom stereocenters. The summed E-state index contributed by atoms with van der Waals surface area (Å²) in [6.45, 7) is 4.04. The molecule has 0 atom stereocenters. The van der Waals surface area contributed by atoms with E-state index >= 15 is 0 Å². The van der Waals surface area contributed by atoms with Crippen LogP contribution >= 0.6 is 11.9 Å². The number of nitrogens with zero attached hydrogens (tertiary/aromatic N) is 2. The molecule has 0 radical (unpaired) electrons. The van der Waals surface area contributed by atoms with Crippen molar-refractivity contribution in [3.05, 3.63) is 155 Å². The third kappa shape index (κ3) is 12.3. The Labute approximate surface area is 319 Å². The summed E-state index contributed by atoms with van der Waals surface area (Å²) >= 11 is 1.74. The molecule has 1 aliphatic rings. The molecule has 53 heavy (non-hydrogen) atoms. The number of hydrogen-bond donors (Lipinski definition) is 0. The predicted octanol–water partition coefficient (Wildman–Crippen LogP) is 10.5. The first kappa shape index (κ1) is 39.2. The van der Waals surface area contributed by atoms with Crippen LogP contribution in [0.1, 0.15) is 77.6 Å². The van der Waals surface area contributed by atoms with Gasteiger partial charge in [0.25, 0.3) is 0 Å². The second-order valence-corrected chi connectivity index (χ2v) is 14.3. The van der Waals surface area contributed by atoms with E-state index in [9.17, 15) is 9.59 Å². The topological polar surface area (TPSA) is 68.3 Å². The van der Waals surface area contributed by atoms with Crippen molar-refractivity contribution in [2.75, 3.05) is 25.6 Å². The van der Waals surface area contributed by atoms with E-state index in [4.69, 9.17) is 14.2 Å². The van der Waals surface area contributed by atoms with Crippen LogP contribution in [0.15, 0.2) is 132 Å². The minimum atomic E-state index is -0.477. The van der Waals surface area contributed by atoms with Gasteiger partial charge in [0.05, 0.1) is 13.7 Å². The van der Waals surface area contributed by atoms with Crippen LogP contribution in [-0.4, -0.2) is 37.4 Å². The van der Waals surface area contributed by atoms with Crippen LogP contribution in [0, 0.1) is 0 Å². The molecule has 1 aliphatic carbocycles. The van der Waals surface area contributed by atoms with Crippen LogP contribution in [0.3, 0.4) is 0 Å². The smallest absolute Gasteiger partial charge is 0.342 e. The van der Waals surface area contributed by atoms with Gasteiger partial charge < -0.3 is 19.1 Å². The highest BCUT2D eigenvalue weighted by Gasteiger charge is 2.19. The average molecular weight is 731 g/mol. The Balaban J connectivity index is 0.000000352. The number of amides is 1. The summed E-state index contributed by atoms with van der Waals surface area (Å²) in [5, 5.41) is 0. The fourth-order valence-electron chi connectivity index (χ4n) is 6.11. The van der Waals surface area contributed by atoms with Gasteiger partial charge in [0.1, 0.15) is 30.3 Å². The van der Waals surface area contributed by atoms with Gasteiger partial charge in [-0.25, -0.2) is 9.10 Å². The van der Waals surface area contributed by atoms with Crippen molar-refractivity contribution in [2.24, 2.45) is 0 Å². The maximum atomic E-state index is 13.1. The SMILES string of the molecule is CCN(C)Sc1ccc(OC)cc1.O=CN(Cc1ccc(C2CCCCC2)cc1)c1ccc(C(=O)OCc2ccccc2)c(OCc2ccccc2)c1. The summed E-state index contributed by atoms with van der Waals surface area (Å²) in [6, 6.07) is 41.2. The quantitative estimate of drug-likeness (QED) is 0.0603. The van der Waals surface area contributed by atoms with Gasteiger partial charge in [0.15, 0.2) is 0 Å². The van der Waals surface area contributed by atoms with Crippen LogP contribution in [0.2, 0.25) is 0 Å². The molecule has 0 bridgehead atoms. The summed E-state index contributed by atoms with van der Waals surface area (Å²) in [5.41, 5.74) is 5.27. The first-order valence-electron chi connectivity index (χ1n) is 18.3. The highest BCUT2D eigenvalue weighted by atomic mass is 32.2. The van der Waals surface area contributed by atoms with Gasteiger partial charge in [0, 0.05) is 23.2 Å². The molecule has 0 heterocycles. The fourth-order valence-corrected chi connectivity index (χ4v) is 6.86. The number of hydrogen-bond acceptors (Lipinski definition) is 7. The lowest BCUT2D eigenvalue weighted by molar-refractivity contribution is -0.107. The number of carbonyl (C=O) groups excluding carboxylic acids is 2. The minimum absolute atomic E-state index is 0.164. The zero-order chi connectivity index (χ0) is 37.3. The molecule has 1 fully saturated rings. The zero-order valence-electron chi connectivity index (χ0n) is 31.0. The van der Waals surface area contributed by atoms with Crippen molar-refractivity contribution in [2.45, 2.75) is 69.6 Å². The molecule has 1 saturated carbocycles. The molecule has 0 saturated heterocycles. The van der Waals surface area contributed by atoms with Gasteiger partial charge in [-0.1, -0.05) is 111 Å². The van der Waals surface area contributed by atoms with E-state index in [2.05, 4.69) is 54.7 Å². The molecule has 8 heteroatoms. The number of ether oxygens (including phenoxy) is 3. The van der Waals surface area contributed by atoms with E-state index in [0.717, 1.165) is 35.4 Å². The minimum Gasteiger partial charge on any atom is -0.497 e. The van der Waals surface area contributed by atoms with E-state index in [-0.39, 0.29) is 13.2 Å². The molecule has 5 aromatic carbocycles. The molecule has 0 spiro atoms. The molecule has 6 rings (SSSR count). The summed E-state index contributed by atoms with van der Waals surface area (Å²) in [5.74, 6) is 1.44. The van der Waals surface area contributed by atoms with Crippen LogP contribution in [-0.2, 0) is 29.3 Å². The molecule has 0 aliphatic heterocycles. The maximum absolute atomic E-state index is 13.1. The molecule has 7 nitrogen and oxygen atoms in total. The molecule has 1 amide bonds. The van der Waals surface area contributed by atoms with E-state index in [1.54, 1.807) is 42.2 Å². The largest absolute Gasteiger partial charge is 0.497 e. The number of esters is 1. The van der Waals surface area contributed by atoms with Crippen molar-refractivity contribution in [3.8, 4) is 11.5 Å². The molecule has 0 aromatic heterocycles. The van der Waals surface area contributed by atoms with E-state index in [1.807, 2.05) is 72.8 Å². The average Bonchev–Trinajstić information content (AvgIpc) is 3.23. The van der Waals surface area contributed by atoms with Crippen molar-refractivity contribution in [1.29, 1.82) is 0 Å². The Hall–Kier alpha value is -5.05. The highest BCUT2D eigenvalue weighted by molar-refractivity contribution is 7.97. The van der Waals surface area contributed by atoms with Gasteiger partial charge in [-0.3, -0.25) is 4.79 Å². The molecule has 5 aromatic rings. The Kier molecular flexibility index (Phi) is 15.4. The lowest BCUT2D eigenvalue weighted by Gasteiger charge is -2.23. The normalized spacial score (nSPS) is 12.7. The van der Waals surface area contributed by atoms with Crippen molar-refractivity contribution in [3.63, 3.8) is 0 Å². The van der Waals surface area contributed by atoms with Crippen LogP contribution in [0.25, 0.3) is 0 Å². The predicted molar refractivity (Wildman–Crippen MR) is 214 cm³/mol. The van der Waals surface area contributed by atoms with Crippen LogP contribution in [0.5, 0.6) is 11.5 Å². The Morgan fingerprint density at radius 3 is 2.02 bits per heavy atom. The second-order valence-electron chi connectivity index (χ2n) is 13.0. The molecule has 276 valence electrons. The zero-order valence-corrected chi connectivity index (χ0v) is 31.8. The van der Waals surface area contributed by atoms with E-state index in [0.29, 0.717) is 29.5 Å². The number of methoxy groups -OCH3 is 1. The third-order valence-corrected chi connectivity index (χ3v) is 10.3. The van der Waals surface area contributed by atoms with Crippen LogP contribution in [0.4, 0.5) is 5.69 Å². The number of benzene rings is 5. The standard InChI is InChI=1S/C35H35NO4.C10H15NOS/c37-26-36(23-27-16-18-31(19-17-27)30-14-8-3-9-15-30)32-20-21-33(35(38)40-25-29-12-6-2-7-13-29)34(22-32)39-24-28-10-4-1-5-11-28;1-4-11(2)13-10-7-5-9(12-3)6-8-10/h1-2,4-7,10-13,16-22,26,30H,3,8-9,14-15,23-25H2;5-8H,4H2,1-3H3. The van der Waals surface area contributed by atoms with Gasteiger partial charge in [-0.15, -0.1) is 0 Å². The van der Waals surface area contributed by atoms with E-state index in [1.165, 1.54) is 42.6 Å². The summed E-state index contributed by atoms with van der Waals surface area (Å²) in [7, 11) is 3.76. The van der Waals surface area contributed by atoms with Gasteiger partial charge in [-0.05, 0) is 96.4 Å². The fraction of sp³-hybridized carbons (Fsp3) is 0.289. The first-order chi connectivity index (χ1) is 25.9. The Morgan fingerprint density at radius 2 is 1.42 bits per heavy atom. The van der Waals surface area contributed by atoms with Crippen molar-refractivity contribution < 1.29 is 23.8 Å². The maximum Gasteiger partial charge on any atom is 0.342 e. The van der Waals surface area contributed by atoms with Gasteiger partial charge in [0.2, 0.25) is 6.41 Å². The lowest BCUT2D eigenvalue weighted by Crippen LogP contribution is -2.21. The number of carbonyl (C=O) groups is 2. The van der Waals surface area contributed by atoms with Crippen LogP contribution < -0.4 is 14.4 Å². The first-order valence-corrected chi connectivity index (χ1v) is 19.1. The van der Waals surface area contributed by atoms with E-state index < -0.39 is 5.97 Å². The molecule has 0 N–H and O–H groups in total. The lowest BCUT2D eigenvalue weighted by atomic mass is 9.84. The number of rotatable bonds is 15. The second kappa shape index (κ2) is 20.9. The monoisotopic (exact) mass is 730 g/mol. The van der Waals surface area contributed by atoms with Crippen molar-refractivity contribution >= 4 is 30.0 Å². The Bertz CT molecular complexity index is 1830. The Morgan fingerprint density at radius 1 is 0.774 bits per heavy atom. The third-order valence-electron chi connectivity index (χ3n) is 9.27. The van der Waals surface area contributed by atoms with Gasteiger partial charge in [-0.2, -0.15) is 0 Å². The van der Waals surface area contributed by atoms with Crippen molar-refractivity contribution in [1.82, 2.24) is 4.31 Å². The summed E-state index contributed by atoms with van der Waals surface area (Å²) in [4.78, 5) is 28.1. The molecular weight excluding hydrogens is 681 g/mol. The highest BCUT2D eigenvalue weighted by Crippen LogP contribution is 2.33. The number of anilines is 1. The van der Waals surface area contributed by atoms with Gasteiger partial charge >= 0.3 is 5.97 Å².